The van der Waals surface area contributed by atoms with Crippen molar-refractivity contribution in [2.75, 3.05) is 9.80 Å². The van der Waals surface area contributed by atoms with Crippen molar-refractivity contribution in [1.29, 1.82) is 0 Å². The van der Waals surface area contributed by atoms with Crippen molar-refractivity contribution in [2.24, 2.45) is 0 Å². The molecule has 1 spiro atoms. The molecule has 1 saturated carbocycles. The Hall–Kier alpha value is -2.74. The van der Waals surface area contributed by atoms with Crippen molar-refractivity contribution in [3.63, 3.8) is 0 Å². The molecule has 1 fully saturated rings. The number of fused-ring (bicyclic) bond motifs is 1. The van der Waals surface area contributed by atoms with Crippen LogP contribution in [0.1, 0.15) is 37.7 Å². The summed E-state index contributed by atoms with van der Waals surface area (Å²) in [4.78, 5) is 5.25. The number of para-hydroxylation sites is 2. The molecule has 1 aliphatic heterocycles. The first kappa shape index (κ1) is 16.4. The van der Waals surface area contributed by atoms with E-state index in [0.717, 1.165) is 0 Å². The van der Waals surface area contributed by atoms with Gasteiger partial charge in [-0.2, -0.15) is 0 Å². The lowest BCUT2D eigenvalue weighted by atomic mass is 9.86. The lowest BCUT2D eigenvalue weighted by Crippen LogP contribution is -2.54. The molecule has 2 aliphatic rings. The number of benzene rings is 3. The van der Waals surface area contributed by atoms with Crippen LogP contribution in [-0.4, -0.2) is 5.66 Å². The van der Waals surface area contributed by atoms with E-state index in [1.807, 2.05) is 0 Å². The third kappa shape index (κ3) is 2.55. The molecule has 3 aromatic rings. The number of hydrogen-bond acceptors (Lipinski definition) is 2. The molecule has 3 aromatic carbocycles. The fourth-order valence-electron chi connectivity index (χ4n) is 5.03. The highest BCUT2D eigenvalue weighted by atomic mass is 15.5. The Kier molecular flexibility index (Phi) is 3.93. The molecule has 0 bridgehead atoms. The predicted octanol–water partition coefficient (Wildman–Crippen LogP) is 6.95. The molecule has 27 heavy (non-hydrogen) atoms. The first-order chi connectivity index (χ1) is 13.3. The van der Waals surface area contributed by atoms with Crippen LogP contribution in [0.15, 0.2) is 78.9 Å². The van der Waals surface area contributed by atoms with Gasteiger partial charge in [-0.1, -0.05) is 48.9 Å². The zero-order valence-corrected chi connectivity index (χ0v) is 15.9. The summed E-state index contributed by atoms with van der Waals surface area (Å²) in [5.41, 5.74) is 6.56. The molecule has 0 unspecified atom stereocenters. The van der Waals surface area contributed by atoms with E-state index < -0.39 is 0 Å². The first-order valence-corrected chi connectivity index (χ1v) is 10.1. The van der Waals surface area contributed by atoms with E-state index in [0.29, 0.717) is 0 Å². The van der Waals surface area contributed by atoms with Gasteiger partial charge in [0.25, 0.3) is 0 Å². The fraction of sp³-hybridized carbons (Fsp3) is 0.280. The van der Waals surface area contributed by atoms with Gasteiger partial charge in [-0.15, -0.1) is 0 Å². The third-order valence-electron chi connectivity index (χ3n) is 6.13. The molecule has 0 aromatic heterocycles. The van der Waals surface area contributed by atoms with Crippen LogP contribution >= 0.6 is 0 Å². The van der Waals surface area contributed by atoms with Crippen molar-refractivity contribution in [2.45, 2.75) is 44.7 Å². The minimum atomic E-state index is -0.0168. The predicted molar refractivity (Wildman–Crippen MR) is 114 cm³/mol. The van der Waals surface area contributed by atoms with Gasteiger partial charge in [-0.3, -0.25) is 0 Å². The number of hydrogen-bond donors (Lipinski definition) is 0. The summed E-state index contributed by atoms with van der Waals surface area (Å²) >= 11 is 0. The SMILES string of the molecule is Cc1ccc2c(c1)N(c1ccccc1)C1(CCCCC1)N2c1ccccc1. The van der Waals surface area contributed by atoms with Crippen molar-refractivity contribution in [3.05, 3.63) is 84.4 Å². The molecule has 5 rings (SSSR count). The number of rotatable bonds is 2. The van der Waals surface area contributed by atoms with E-state index >= 15 is 0 Å². The molecular weight excluding hydrogens is 328 g/mol. The average Bonchev–Trinajstić information content (AvgIpc) is 2.98. The topological polar surface area (TPSA) is 6.48 Å². The first-order valence-electron chi connectivity index (χ1n) is 10.1. The monoisotopic (exact) mass is 354 g/mol. The van der Waals surface area contributed by atoms with Gasteiger partial charge in [0.05, 0.1) is 11.4 Å². The molecular formula is C25H26N2. The summed E-state index contributed by atoms with van der Waals surface area (Å²) in [6.07, 6.45) is 6.26. The molecule has 2 nitrogen and oxygen atoms in total. The second-order valence-electron chi connectivity index (χ2n) is 7.88. The molecule has 1 heterocycles. The van der Waals surface area contributed by atoms with Crippen LogP contribution in [0.4, 0.5) is 22.7 Å². The van der Waals surface area contributed by atoms with Gasteiger partial charge in [0, 0.05) is 11.4 Å². The van der Waals surface area contributed by atoms with Crippen LogP contribution in [0.3, 0.4) is 0 Å². The Morgan fingerprint density at radius 1 is 0.630 bits per heavy atom. The summed E-state index contributed by atoms with van der Waals surface area (Å²) in [5, 5.41) is 0. The van der Waals surface area contributed by atoms with Gasteiger partial charge < -0.3 is 9.80 Å². The highest BCUT2D eigenvalue weighted by Crippen LogP contribution is 2.57. The van der Waals surface area contributed by atoms with Crippen LogP contribution in [-0.2, 0) is 0 Å². The van der Waals surface area contributed by atoms with Gasteiger partial charge in [0.15, 0.2) is 0 Å². The minimum absolute atomic E-state index is 0.0168. The summed E-state index contributed by atoms with van der Waals surface area (Å²) < 4.78 is 0. The van der Waals surface area contributed by atoms with Gasteiger partial charge in [-0.25, -0.2) is 0 Å². The number of anilines is 4. The molecule has 0 saturated heterocycles. The molecule has 136 valence electrons. The maximum atomic E-state index is 2.63. The van der Waals surface area contributed by atoms with Crippen LogP contribution < -0.4 is 9.80 Å². The lowest BCUT2D eigenvalue weighted by molar-refractivity contribution is 0.309. The van der Waals surface area contributed by atoms with Crippen molar-refractivity contribution in [3.8, 4) is 0 Å². The molecule has 2 heteroatoms. The summed E-state index contributed by atoms with van der Waals surface area (Å²) in [6.45, 7) is 2.20. The van der Waals surface area contributed by atoms with Gasteiger partial charge >= 0.3 is 0 Å². The Labute approximate surface area is 162 Å². The Morgan fingerprint density at radius 2 is 1.19 bits per heavy atom. The van der Waals surface area contributed by atoms with Gasteiger partial charge in [0.1, 0.15) is 5.66 Å². The molecule has 0 atom stereocenters. The summed E-state index contributed by atoms with van der Waals surface area (Å²) in [5.74, 6) is 0. The van der Waals surface area contributed by atoms with Crippen LogP contribution in [0.2, 0.25) is 0 Å². The highest BCUT2D eigenvalue weighted by Gasteiger charge is 2.51. The number of aryl methyl sites for hydroxylation is 1. The van der Waals surface area contributed by atoms with Gasteiger partial charge in [0.2, 0.25) is 0 Å². The van der Waals surface area contributed by atoms with Crippen molar-refractivity contribution in [1.82, 2.24) is 0 Å². The van der Waals surface area contributed by atoms with E-state index in [9.17, 15) is 0 Å². The molecule has 0 N–H and O–H groups in total. The zero-order chi connectivity index (χ0) is 18.3. The smallest absolute Gasteiger partial charge is 0.122 e. The second kappa shape index (κ2) is 6.45. The zero-order valence-electron chi connectivity index (χ0n) is 15.9. The van der Waals surface area contributed by atoms with Crippen LogP contribution in [0.5, 0.6) is 0 Å². The van der Waals surface area contributed by atoms with Crippen LogP contribution in [0, 0.1) is 6.92 Å². The number of nitrogens with zero attached hydrogens (tertiary/aromatic N) is 2. The van der Waals surface area contributed by atoms with E-state index in [2.05, 4.69) is 95.6 Å². The maximum Gasteiger partial charge on any atom is 0.122 e. The molecule has 0 radical (unpaired) electrons. The average molecular weight is 354 g/mol. The second-order valence-corrected chi connectivity index (χ2v) is 7.88. The summed E-state index contributed by atoms with van der Waals surface area (Å²) in [7, 11) is 0. The normalized spacial score (nSPS) is 18.0. The maximum absolute atomic E-state index is 2.63. The Morgan fingerprint density at radius 3 is 1.78 bits per heavy atom. The summed E-state index contributed by atoms with van der Waals surface area (Å²) in [6, 6.07) is 28.8. The van der Waals surface area contributed by atoms with Crippen molar-refractivity contribution < 1.29 is 0 Å². The van der Waals surface area contributed by atoms with Crippen LogP contribution in [0.25, 0.3) is 0 Å². The van der Waals surface area contributed by atoms with E-state index in [1.54, 1.807) is 0 Å². The lowest BCUT2D eigenvalue weighted by Gasteiger charge is -2.48. The van der Waals surface area contributed by atoms with E-state index in [4.69, 9.17) is 0 Å². The highest BCUT2D eigenvalue weighted by molar-refractivity contribution is 5.90. The van der Waals surface area contributed by atoms with E-state index in [-0.39, 0.29) is 5.66 Å². The fourth-order valence-corrected chi connectivity index (χ4v) is 5.03. The molecule has 1 aliphatic carbocycles. The Bertz CT molecular complexity index is 927. The Balaban J connectivity index is 1.78. The third-order valence-corrected chi connectivity index (χ3v) is 6.13. The minimum Gasteiger partial charge on any atom is -0.316 e. The quantitative estimate of drug-likeness (QED) is 0.491. The molecule has 0 amide bonds. The standard InChI is InChI=1S/C25H26N2/c1-20-15-16-23-24(19-20)27(22-13-7-3-8-14-22)25(17-9-4-10-18-25)26(23)21-11-5-2-6-12-21/h2-3,5-8,11-16,19H,4,9-10,17-18H2,1H3. The van der Waals surface area contributed by atoms with E-state index in [1.165, 1.54) is 60.4 Å². The largest absolute Gasteiger partial charge is 0.316 e. The van der Waals surface area contributed by atoms with Crippen molar-refractivity contribution >= 4 is 22.7 Å². The van der Waals surface area contributed by atoms with Gasteiger partial charge in [-0.05, 0) is 74.6 Å².